The first-order valence-electron chi connectivity index (χ1n) is 7.54. The molecular formula is C16H23F2NO2. The van der Waals surface area contributed by atoms with E-state index in [0.29, 0.717) is 19.1 Å². The van der Waals surface area contributed by atoms with Gasteiger partial charge in [0.1, 0.15) is 17.4 Å². The Balaban J connectivity index is 1.79. The number of nitrogens with one attached hydrogen (secondary N) is 1. The maximum Gasteiger partial charge on any atom is 0.129 e. The average Bonchev–Trinajstić information content (AvgIpc) is 3.25. The summed E-state index contributed by atoms with van der Waals surface area (Å²) in [6, 6.07) is 3.69. The Morgan fingerprint density at radius 1 is 1.29 bits per heavy atom. The van der Waals surface area contributed by atoms with Gasteiger partial charge >= 0.3 is 0 Å². The SMILES string of the molecule is CCC(CO)(CCCOc1cc(F)cc(F)c1)NC1CC1. The van der Waals surface area contributed by atoms with Crippen molar-refractivity contribution >= 4 is 0 Å². The van der Waals surface area contributed by atoms with E-state index in [1.54, 1.807) is 0 Å². The van der Waals surface area contributed by atoms with Crippen molar-refractivity contribution in [3.8, 4) is 5.75 Å². The van der Waals surface area contributed by atoms with Gasteiger partial charge in [0, 0.05) is 29.8 Å². The molecule has 21 heavy (non-hydrogen) atoms. The van der Waals surface area contributed by atoms with Gasteiger partial charge in [0.2, 0.25) is 0 Å². The summed E-state index contributed by atoms with van der Waals surface area (Å²) in [6.45, 7) is 2.51. The average molecular weight is 299 g/mol. The van der Waals surface area contributed by atoms with Crippen LogP contribution in [0, 0.1) is 11.6 Å². The molecule has 0 radical (unpaired) electrons. The number of rotatable bonds is 9. The molecule has 0 aliphatic heterocycles. The highest BCUT2D eigenvalue weighted by atomic mass is 19.1. The molecule has 2 rings (SSSR count). The van der Waals surface area contributed by atoms with Crippen LogP contribution >= 0.6 is 0 Å². The predicted molar refractivity (Wildman–Crippen MR) is 77.4 cm³/mol. The van der Waals surface area contributed by atoms with Crippen LogP contribution in [0.2, 0.25) is 0 Å². The van der Waals surface area contributed by atoms with Crippen molar-refractivity contribution in [2.24, 2.45) is 0 Å². The number of halogens is 2. The summed E-state index contributed by atoms with van der Waals surface area (Å²) in [5, 5.41) is 13.1. The molecule has 1 aliphatic rings. The fourth-order valence-electron chi connectivity index (χ4n) is 2.46. The third-order valence-corrected chi connectivity index (χ3v) is 3.97. The third kappa shape index (κ3) is 4.93. The molecule has 1 aromatic rings. The summed E-state index contributed by atoms with van der Waals surface area (Å²) in [5.74, 6) is -1.08. The molecule has 0 heterocycles. The van der Waals surface area contributed by atoms with Gasteiger partial charge in [-0.05, 0) is 32.1 Å². The molecule has 1 aliphatic carbocycles. The maximum absolute atomic E-state index is 13.0. The van der Waals surface area contributed by atoms with Gasteiger partial charge in [0.25, 0.3) is 0 Å². The molecule has 1 unspecified atom stereocenters. The molecule has 3 nitrogen and oxygen atoms in total. The quantitative estimate of drug-likeness (QED) is 0.689. The lowest BCUT2D eigenvalue weighted by atomic mass is 9.91. The minimum atomic E-state index is -0.640. The molecule has 0 spiro atoms. The van der Waals surface area contributed by atoms with Crippen LogP contribution < -0.4 is 10.1 Å². The molecule has 0 saturated heterocycles. The first kappa shape index (κ1) is 16.2. The van der Waals surface area contributed by atoms with Gasteiger partial charge in [0.05, 0.1) is 13.2 Å². The van der Waals surface area contributed by atoms with E-state index < -0.39 is 11.6 Å². The minimum Gasteiger partial charge on any atom is -0.493 e. The minimum absolute atomic E-state index is 0.0919. The molecule has 1 aromatic carbocycles. The van der Waals surface area contributed by atoms with Crippen LogP contribution in [0.5, 0.6) is 5.75 Å². The summed E-state index contributed by atoms with van der Waals surface area (Å²) in [7, 11) is 0. The standard InChI is InChI=1S/C16H23F2NO2/c1-2-16(11-20,19-14-4-5-14)6-3-7-21-15-9-12(17)8-13(18)10-15/h8-10,14,19-20H,2-7,11H2,1H3. The number of ether oxygens (including phenoxy) is 1. The highest BCUT2D eigenvalue weighted by molar-refractivity contribution is 5.23. The number of benzene rings is 1. The van der Waals surface area contributed by atoms with Gasteiger partial charge < -0.3 is 15.2 Å². The lowest BCUT2D eigenvalue weighted by molar-refractivity contribution is 0.135. The van der Waals surface area contributed by atoms with Crippen LogP contribution in [0.15, 0.2) is 18.2 Å². The summed E-state index contributed by atoms with van der Waals surface area (Å²) < 4.78 is 31.4. The zero-order chi connectivity index (χ0) is 15.3. The van der Waals surface area contributed by atoms with Crippen LogP contribution in [0.25, 0.3) is 0 Å². The third-order valence-electron chi connectivity index (χ3n) is 3.97. The first-order chi connectivity index (χ1) is 10.1. The Morgan fingerprint density at radius 3 is 2.48 bits per heavy atom. The maximum atomic E-state index is 13.0. The highest BCUT2D eigenvalue weighted by Gasteiger charge is 2.33. The lowest BCUT2D eigenvalue weighted by Gasteiger charge is -2.32. The van der Waals surface area contributed by atoms with E-state index in [2.05, 4.69) is 12.2 Å². The second-order valence-corrected chi connectivity index (χ2v) is 5.77. The Hall–Kier alpha value is -1.20. The zero-order valence-electron chi connectivity index (χ0n) is 12.4. The summed E-state index contributed by atoms with van der Waals surface area (Å²) in [5.41, 5.74) is -0.266. The van der Waals surface area contributed by atoms with E-state index >= 15 is 0 Å². The van der Waals surface area contributed by atoms with Crippen molar-refractivity contribution in [1.29, 1.82) is 0 Å². The van der Waals surface area contributed by atoms with Crippen LogP contribution in [0.1, 0.15) is 39.0 Å². The smallest absolute Gasteiger partial charge is 0.129 e. The van der Waals surface area contributed by atoms with Crippen LogP contribution in [0.4, 0.5) is 8.78 Å². The topological polar surface area (TPSA) is 41.5 Å². The first-order valence-corrected chi connectivity index (χ1v) is 7.54. The number of hydrogen-bond acceptors (Lipinski definition) is 3. The van der Waals surface area contributed by atoms with Crippen molar-refractivity contribution in [3.63, 3.8) is 0 Å². The van der Waals surface area contributed by atoms with Gasteiger partial charge in [-0.3, -0.25) is 0 Å². The molecule has 1 atom stereocenters. The molecule has 1 saturated carbocycles. The Labute approximate surface area is 124 Å². The number of aliphatic hydroxyl groups is 1. The van der Waals surface area contributed by atoms with E-state index in [-0.39, 0.29) is 17.9 Å². The molecule has 0 amide bonds. The van der Waals surface area contributed by atoms with E-state index in [9.17, 15) is 13.9 Å². The largest absolute Gasteiger partial charge is 0.493 e. The van der Waals surface area contributed by atoms with Crippen molar-refractivity contribution in [2.45, 2.75) is 50.6 Å². The Kier molecular flexibility index (Phi) is 5.53. The van der Waals surface area contributed by atoms with Gasteiger partial charge in [-0.15, -0.1) is 0 Å². The number of hydrogen-bond donors (Lipinski definition) is 2. The lowest BCUT2D eigenvalue weighted by Crippen LogP contribution is -2.49. The molecule has 118 valence electrons. The van der Waals surface area contributed by atoms with E-state index in [1.165, 1.54) is 25.0 Å². The van der Waals surface area contributed by atoms with Crippen LogP contribution in [-0.2, 0) is 0 Å². The van der Waals surface area contributed by atoms with Gasteiger partial charge in [-0.2, -0.15) is 0 Å². The fourth-order valence-corrected chi connectivity index (χ4v) is 2.46. The van der Waals surface area contributed by atoms with Crippen molar-refractivity contribution in [3.05, 3.63) is 29.8 Å². The Bertz CT molecular complexity index is 439. The summed E-state index contributed by atoms with van der Waals surface area (Å²) >= 11 is 0. The Morgan fingerprint density at radius 2 is 1.95 bits per heavy atom. The number of aliphatic hydroxyl groups excluding tert-OH is 1. The molecule has 0 aromatic heterocycles. The molecule has 5 heteroatoms. The second kappa shape index (κ2) is 7.18. The zero-order valence-corrected chi connectivity index (χ0v) is 12.4. The van der Waals surface area contributed by atoms with Crippen LogP contribution in [-0.4, -0.2) is 29.9 Å². The summed E-state index contributed by atoms with van der Waals surface area (Å²) in [4.78, 5) is 0. The fraction of sp³-hybridized carbons (Fsp3) is 0.625. The molecule has 1 fully saturated rings. The summed E-state index contributed by atoms with van der Waals surface area (Å²) in [6.07, 6.45) is 4.66. The van der Waals surface area contributed by atoms with E-state index in [0.717, 1.165) is 18.9 Å². The van der Waals surface area contributed by atoms with Gasteiger partial charge in [-0.1, -0.05) is 6.92 Å². The van der Waals surface area contributed by atoms with Crippen molar-refractivity contribution in [2.75, 3.05) is 13.2 Å². The molecular weight excluding hydrogens is 276 g/mol. The predicted octanol–water partition coefficient (Wildman–Crippen LogP) is 3.02. The van der Waals surface area contributed by atoms with Gasteiger partial charge in [0.15, 0.2) is 0 Å². The highest BCUT2D eigenvalue weighted by Crippen LogP contribution is 2.27. The van der Waals surface area contributed by atoms with Crippen molar-refractivity contribution < 1.29 is 18.6 Å². The van der Waals surface area contributed by atoms with E-state index in [4.69, 9.17) is 4.74 Å². The normalized spacial score (nSPS) is 17.5. The second-order valence-electron chi connectivity index (χ2n) is 5.77. The molecule has 0 bridgehead atoms. The van der Waals surface area contributed by atoms with E-state index in [1.807, 2.05) is 0 Å². The van der Waals surface area contributed by atoms with Crippen LogP contribution in [0.3, 0.4) is 0 Å². The molecule has 2 N–H and O–H groups in total. The monoisotopic (exact) mass is 299 g/mol. The van der Waals surface area contributed by atoms with Gasteiger partial charge in [-0.25, -0.2) is 8.78 Å². The van der Waals surface area contributed by atoms with Crippen molar-refractivity contribution in [1.82, 2.24) is 5.32 Å².